The number of hydrogen-bond acceptors (Lipinski definition) is 2. The number of thioether (sulfide) groups is 1. The van der Waals surface area contributed by atoms with E-state index in [1.807, 2.05) is 30.1 Å². The van der Waals surface area contributed by atoms with E-state index in [2.05, 4.69) is 27.9 Å². The number of nitrogens with one attached hydrogen (secondary N) is 2. The van der Waals surface area contributed by atoms with Crippen molar-refractivity contribution in [2.45, 2.75) is 18.8 Å². The van der Waals surface area contributed by atoms with E-state index < -0.39 is 0 Å². The zero-order valence-electron chi connectivity index (χ0n) is 14.2. The van der Waals surface area contributed by atoms with Gasteiger partial charge in [0.1, 0.15) is 5.82 Å². The van der Waals surface area contributed by atoms with E-state index >= 15 is 0 Å². The number of guanidine groups is 1. The maximum Gasteiger partial charge on any atom is 0.191 e. The number of benzene rings is 1. The Morgan fingerprint density at radius 3 is 2.58 bits per heavy atom. The molecule has 0 atom stereocenters. The van der Waals surface area contributed by atoms with Crippen LogP contribution in [0.15, 0.2) is 41.7 Å². The number of aromatic nitrogens is 1. The van der Waals surface area contributed by atoms with Crippen molar-refractivity contribution in [2.75, 3.05) is 13.3 Å². The van der Waals surface area contributed by atoms with Crippen LogP contribution in [0.5, 0.6) is 0 Å². The van der Waals surface area contributed by atoms with Crippen molar-refractivity contribution in [3.05, 3.63) is 59.2 Å². The molecule has 0 fully saturated rings. The van der Waals surface area contributed by atoms with Gasteiger partial charge in [0.2, 0.25) is 0 Å². The zero-order valence-corrected chi connectivity index (χ0v) is 17.3. The number of rotatable bonds is 6. The van der Waals surface area contributed by atoms with E-state index in [9.17, 15) is 4.39 Å². The molecule has 0 radical (unpaired) electrons. The third-order valence-electron chi connectivity index (χ3n) is 3.49. The average Bonchev–Trinajstić information content (AvgIpc) is 2.95. The normalized spacial score (nSPS) is 11.1. The lowest BCUT2D eigenvalue weighted by Crippen LogP contribution is -2.36. The summed E-state index contributed by atoms with van der Waals surface area (Å²) in [5.74, 6) is 1.34. The lowest BCUT2D eigenvalue weighted by Gasteiger charge is -2.14. The molecule has 0 amide bonds. The van der Waals surface area contributed by atoms with Crippen LogP contribution in [0.25, 0.3) is 0 Å². The maximum atomic E-state index is 13.4. The summed E-state index contributed by atoms with van der Waals surface area (Å²) in [7, 11) is 3.74. The molecule has 132 valence electrons. The summed E-state index contributed by atoms with van der Waals surface area (Å²) in [6, 6.07) is 7.00. The van der Waals surface area contributed by atoms with Crippen molar-refractivity contribution in [1.82, 2.24) is 15.2 Å². The van der Waals surface area contributed by atoms with Gasteiger partial charge in [-0.1, -0.05) is 6.07 Å². The molecular formula is C17H24FIN4S. The maximum absolute atomic E-state index is 13.4. The van der Waals surface area contributed by atoms with Gasteiger partial charge in [-0.2, -0.15) is 11.8 Å². The number of aryl methyl sites for hydroxylation is 1. The van der Waals surface area contributed by atoms with Crippen LogP contribution >= 0.6 is 35.7 Å². The minimum Gasteiger partial charge on any atom is -0.357 e. The summed E-state index contributed by atoms with van der Waals surface area (Å²) in [5, 5.41) is 6.56. The second-order valence-electron chi connectivity index (χ2n) is 5.31. The fraction of sp³-hybridized carbons (Fsp3) is 0.353. The first-order valence-corrected chi connectivity index (χ1v) is 8.83. The predicted molar refractivity (Wildman–Crippen MR) is 111 cm³/mol. The van der Waals surface area contributed by atoms with Crippen LogP contribution in [-0.2, 0) is 25.9 Å². The molecule has 24 heavy (non-hydrogen) atoms. The van der Waals surface area contributed by atoms with E-state index in [4.69, 9.17) is 0 Å². The molecule has 1 heterocycles. The van der Waals surface area contributed by atoms with Gasteiger partial charge in [0.15, 0.2) is 5.96 Å². The summed E-state index contributed by atoms with van der Waals surface area (Å²) < 4.78 is 15.4. The van der Waals surface area contributed by atoms with Gasteiger partial charge in [0, 0.05) is 45.3 Å². The minimum atomic E-state index is -0.190. The third kappa shape index (κ3) is 6.35. The van der Waals surface area contributed by atoms with Gasteiger partial charge >= 0.3 is 0 Å². The van der Waals surface area contributed by atoms with Crippen LogP contribution in [0.3, 0.4) is 0 Å². The summed E-state index contributed by atoms with van der Waals surface area (Å²) in [6.45, 7) is 1.33. The Morgan fingerprint density at radius 1 is 1.21 bits per heavy atom. The number of hydrogen-bond donors (Lipinski definition) is 2. The molecular weight excluding hydrogens is 438 g/mol. The van der Waals surface area contributed by atoms with Crippen LogP contribution in [0.2, 0.25) is 0 Å². The smallest absolute Gasteiger partial charge is 0.191 e. The minimum absolute atomic E-state index is 0. The molecule has 0 saturated carbocycles. The lowest BCUT2D eigenvalue weighted by molar-refractivity contribution is 0.625. The third-order valence-corrected chi connectivity index (χ3v) is 4.09. The highest BCUT2D eigenvalue weighted by Gasteiger charge is 2.05. The SMILES string of the molecule is CN=C(NCc1ccn(C)c1)NCc1ccc(F)cc1CSC.I. The van der Waals surface area contributed by atoms with E-state index in [-0.39, 0.29) is 29.8 Å². The first-order valence-electron chi connectivity index (χ1n) is 7.44. The molecule has 1 aromatic carbocycles. The standard InChI is InChI=1S/C17H23FN4S.HI/c1-19-17(20-9-13-6-7-22(2)11-13)21-10-14-4-5-16(18)8-15(14)12-23-3;/h4-8,11H,9-10,12H2,1-3H3,(H2,19,20,21);1H. The van der Waals surface area contributed by atoms with Crippen molar-refractivity contribution in [2.24, 2.45) is 12.0 Å². The van der Waals surface area contributed by atoms with Gasteiger partial charge in [-0.15, -0.1) is 24.0 Å². The predicted octanol–water partition coefficient (Wildman–Crippen LogP) is 3.51. The average molecular weight is 462 g/mol. The van der Waals surface area contributed by atoms with E-state index in [1.165, 1.54) is 11.6 Å². The molecule has 0 bridgehead atoms. The van der Waals surface area contributed by atoms with E-state index in [1.54, 1.807) is 24.9 Å². The Hall–Kier alpha value is -1.22. The Labute approximate surface area is 164 Å². The molecule has 0 aliphatic rings. The fourth-order valence-electron chi connectivity index (χ4n) is 2.31. The summed E-state index contributed by atoms with van der Waals surface area (Å²) in [6.07, 6.45) is 6.10. The van der Waals surface area contributed by atoms with Crippen molar-refractivity contribution in [3.8, 4) is 0 Å². The molecule has 0 spiro atoms. The lowest BCUT2D eigenvalue weighted by atomic mass is 10.1. The van der Waals surface area contributed by atoms with Crippen LogP contribution in [0, 0.1) is 5.82 Å². The van der Waals surface area contributed by atoms with Crippen molar-refractivity contribution < 1.29 is 4.39 Å². The Kier molecular flexibility index (Phi) is 9.20. The molecule has 7 heteroatoms. The fourth-order valence-corrected chi connectivity index (χ4v) is 2.89. The second-order valence-corrected chi connectivity index (χ2v) is 6.18. The van der Waals surface area contributed by atoms with Gasteiger partial charge in [-0.3, -0.25) is 4.99 Å². The Bertz CT molecular complexity index is 672. The first kappa shape index (κ1) is 20.8. The second kappa shape index (κ2) is 10.6. The number of halogens is 2. The van der Waals surface area contributed by atoms with E-state index in [0.717, 1.165) is 22.8 Å². The number of aliphatic imine (C=N–C) groups is 1. The largest absolute Gasteiger partial charge is 0.357 e. The van der Waals surface area contributed by atoms with Crippen LogP contribution < -0.4 is 10.6 Å². The summed E-state index contributed by atoms with van der Waals surface area (Å²) in [4.78, 5) is 4.23. The van der Waals surface area contributed by atoms with Gasteiger partial charge in [-0.05, 0) is 41.1 Å². The van der Waals surface area contributed by atoms with Crippen molar-refractivity contribution in [3.63, 3.8) is 0 Å². The highest BCUT2D eigenvalue weighted by atomic mass is 127. The van der Waals surface area contributed by atoms with Gasteiger partial charge < -0.3 is 15.2 Å². The molecule has 2 aromatic rings. The Balaban J connectivity index is 0.00000288. The summed E-state index contributed by atoms with van der Waals surface area (Å²) in [5.41, 5.74) is 3.30. The monoisotopic (exact) mass is 462 g/mol. The molecule has 0 aliphatic heterocycles. The highest BCUT2D eigenvalue weighted by molar-refractivity contribution is 14.0. The molecule has 0 saturated heterocycles. The molecule has 2 rings (SSSR count). The van der Waals surface area contributed by atoms with Crippen molar-refractivity contribution in [1.29, 1.82) is 0 Å². The quantitative estimate of drug-likeness (QED) is 0.392. The Morgan fingerprint density at radius 2 is 1.96 bits per heavy atom. The van der Waals surface area contributed by atoms with Crippen molar-refractivity contribution >= 4 is 41.7 Å². The van der Waals surface area contributed by atoms with Gasteiger partial charge in [0.05, 0.1) is 0 Å². The summed E-state index contributed by atoms with van der Waals surface area (Å²) >= 11 is 1.68. The van der Waals surface area contributed by atoms with Gasteiger partial charge in [-0.25, -0.2) is 4.39 Å². The zero-order chi connectivity index (χ0) is 16.7. The van der Waals surface area contributed by atoms with Gasteiger partial charge in [0.25, 0.3) is 0 Å². The highest BCUT2D eigenvalue weighted by Crippen LogP contribution is 2.16. The van der Waals surface area contributed by atoms with Crippen LogP contribution in [0.1, 0.15) is 16.7 Å². The van der Waals surface area contributed by atoms with Crippen LogP contribution in [-0.4, -0.2) is 23.8 Å². The van der Waals surface area contributed by atoms with Crippen LogP contribution in [0.4, 0.5) is 4.39 Å². The molecule has 4 nitrogen and oxygen atoms in total. The molecule has 0 aliphatic carbocycles. The first-order chi connectivity index (χ1) is 11.1. The topological polar surface area (TPSA) is 41.4 Å². The molecule has 0 unspecified atom stereocenters. The number of nitrogens with zero attached hydrogens (tertiary/aromatic N) is 2. The van der Waals surface area contributed by atoms with E-state index in [0.29, 0.717) is 13.1 Å². The molecule has 2 N–H and O–H groups in total. The molecule has 1 aromatic heterocycles.